The summed E-state index contributed by atoms with van der Waals surface area (Å²) in [7, 11) is 0. The van der Waals surface area contributed by atoms with E-state index in [0.717, 1.165) is 32.1 Å². The molecule has 3 atom stereocenters. The van der Waals surface area contributed by atoms with E-state index in [1.54, 1.807) is 0 Å². The van der Waals surface area contributed by atoms with E-state index >= 15 is 0 Å². The van der Waals surface area contributed by atoms with Crippen LogP contribution in [0.4, 0.5) is 0 Å². The first-order valence-electron chi connectivity index (χ1n) is 21.8. The number of hydrogen-bond acceptors (Lipinski definition) is 4. The highest BCUT2D eigenvalue weighted by molar-refractivity contribution is 5.76. The molecule has 0 fully saturated rings. The summed E-state index contributed by atoms with van der Waals surface area (Å²) in [5.41, 5.74) is 0. The second-order valence-electron chi connectivity index (χ2n) is 15.3. The fraction of sp³-hybridized carbons (Fsp3) is 0.977. The highest BCUT2D eigenvalue weighted by Crippen LogP contribution is 2.17. The van der Waals surface area contributed by atoms with Crippen LogP contribution in [-0.4, -0.2) is 46.1 Å². The average molecular weight is 682 g/mol. The number of amides is 1. The first kappa shape index (κ1) is 47.4. The Bertz CT molecular complexity index is 630. The lowest BCUT2D eigenvalue weighted by atomic mass is 9.99. The third-order valence-electron chi connectivity index (χ3n) is 10.5. The van der Waals surface area contributed by atoms with E-state index in [0.29, 0.717) is 12.8 Å². The number of aliphatic hydroxyl groups excluding tert-OH is 3. The normalized spacial score (nSPS) is 13.5. The van der Waals surface area contributed by atoms with Gasteiger partial charge in [0.15, 0.2) is 0 Å². The molecule has 0 saturated carbocycles. The molecule has 0 saturated heterocycles. The topological polar surface area (TPSA) is 89.8 Å². The number of hydrogen-bond donors (Lipinski definition) is 4. The summed E-state index contributed by atoms with van der Waals surface area (Å²) in [6.45, 7) is 4.18. The molecule has 5 heteroatoms. The third kappa shape index (κ3) is 33.8. The van der Waals surface area contributed by atoms with Crippen molar-refractivity contribution in [1.82, 2.24) is 5.32 Å². The van der Waals surface area contributed by atoms with Crippen LogP contribution in [0.2, 0.25) is 0 Å². The van der Waals surface area contributed by atoms with Gasteiger partial charge in [-0.15, -0.1) is 0 Å². The van der Waals surface area contributed by atoms with Gasteiger partial charge in [0, 0.05) is 6.42 Å². The Labute approximate surface area is 300 Å². The van der Waals surface area contributed by atoms with E-state index in [-0.39, 0.29) is 12.5 Å². The maximum atomic E-state index is 12.3. The summed E-state index contributed by atoms with van der Waals surface area (Å²) in [6.07, 6.45) is 43.6. The minimum Gasteiger partial charge on any atom is -0.394 e. The smallest absolute Gasteiger partial charge is 0.220 e. The quantitative estimate of drug-likeness (QED) is 0.0485. The zero-order valence-corrected chi connectivity index (χ0v) is 32.6. The molecule has 0 bridgehead atoms. The fourth-order valence-electron chi connectivity index (χ4n) is 7.05. The summed E-state index contributed by atoms with van der Waals surface area (Å²) in [5, 5.41) is 33.5. The molecule has 0 aliphatic heterocycles. The molecule has 0 rings (SSSR count). The standard InChI is InChI=1S/C43H87NO4/c1-3-5-7-9-11-13-15-16-17-18-19-20-21-22-23-24-25-26-27-28-29-31-33-35-37-41(46)43(48)40(39-45)44-42(47)38-36-34-32-30-14-12-10-8-6-4-2/h40-41,43,45-46,48H,3-39H2,1-2H3,(H,44,47). The van der Waals surface area contributed by atoms with E-state index in [1.807, 2.05) is 0 Å². The summed E-state index contributed by atoms with van der Waals surface area (Å²) in [5.74, 6) is -0.144. The van der Waals surface area contributed by atoms with Crippen LogP contribution in [0, 0.1) is 0 Å². The van der Waals surface area contributed by atoms with Gasteiger partial charge in [-0.3, -0.25) is 4.79 Å². The molecule has 0 heterocycles. The lowest BCUT2D eigenvalue weighted by Gasteiger charge is -2.26. The Kier molecular flexibility index (Phi) is 38.6. The third-order valence-corrected chi connectivity index (χ3v) is 10.5. The van der Waals surface area contributed by atoms with E-state index in [2.05, 4.69) is 19.2 Å². The summed E-state index contributed by atoms with van der Waals surface area (Å²) < 4.78 is 0. The zero-order chi connectivity index (χ0) is 35.2. The van der Waals surface area contributed by atoms with Crippen molar-refractivity contribution in [3.63, 3.8) is 0 Å². The highest BCUT2D eigenvalue weighted by Gasteiger charge is 2.26. The van der Waals surface area contributed by atoms with Crippen LogP contribution in [0.1, 0.15) is 245 Å². The van der Waals surface area contributed by atoms with Crippen LogP contribution in [0.3, 0.4) is 0 Å². The van der Waals surface area contributed by atoms with E-state index in [1.165, 1.54) is 186 Å². The summed E-state index contributed by atoms with van der Waals surface area (Å²) in [6, 6.07) is -0.801. The monoisotopic (exact) mass is 682 g/mol. The molecule has 0 aliphatic rings. The molecular formula is C43H87NO4. The largest absolute Gasteiger partial charge is 0.394 e. The molecule has 48 heavy (non-hydrogen) atoms. The van der Waals surface area contributed by atoms with Gasteiger partial charge in [-0.05, 0) is 12.8 Å². The number of unbranched alkanes of at least 4 members (excludes halogenated alkanes) is 32. The van der Waals surface area contributed by atoms with Crippen molar-refractivity contribution in [2.45, 2.75) is 263 Å². The first-order chi connectivity index (χ1) is 23.6. The van der Waals surface area contributed by atoms with Gasteiger partial charge in [-0.1, -0.05) is 226 Å². The van der Waals surface area contributed by atoms with Crippen molar-refractivity contribution in [3.8, 4) is 0 Å². The predicted molar refractivity (Wildman–Crippen MR) is 209 cm³/mol. The Hall–Kier alpha value is -0.650. The molecule has 4 N–H and O–H groups in total. The van der Waals surface area contributed by atoms with Crippen molar-refractivity contribution in [3.05, 3.63) is 0 Å². The molecule has 1 amide bonds. The van der Waals surface area contributed by atoms with Gasteiger partial charge in [0.05, 0.1) is 18.8 Å². The van der Waals surface area contributed by atoms with Crippen molar-refractivity contribution in [2.75, 3.05) is 6.61 Å². The minimum absolute atomic E-state index is 0.144. The van der Waals surface area contributed by atoms with E-state index in [4.69, 9.17) is 0 Å². The van der Waals surface area contributed by atoms with Crippen LogP contribution >= 0.6 is 0 Å². The number of carbonyl (C=O) groups is 1. The van der Waals surface area contributed by atoms with Crippen LogP contribution < -0.4 is 5.32 Å². The molecule has 288 valence electrons. The van der Waals surface area contributed by atoms with Gasteiger partial charge in [-0.25, -0.2) is 0 Å². The second kappa shape index (κ2) is 39.1. The van der Waals surface area contributed by atoms with Crippen molar-refractivity contribution in [2.24, 2.45) is 0 Å². The predicted octanol–water partition coefficient (Wildman–Crippen LogP) is 12.3. The van der Waals surface area contributed by atoms with Crippen molar-refractivity contribution in [1.29, 1.82) is 0 Å². The number of rotatable bonds is 40. The Morgan fingerprint density at radius 2 is 0.708 bits per heavy atom. The Balaban J connectivity index is 3.51. The number of nitrogens with one attached hydrogen (secondary N) is 1. The number of carbonyl (C=O) groups excluding carboxylic acids is 1. The molecule has 0 aliphatic carbocycles. The van der Waals surface area contributed by atoms with Crippen molar-refractivity contribution < 1.29 is 20.1 Å². The molecule has 5 nitrogen and oxygen atoms in total. The summed E-state index contributed by atoms with van der Waals surface area (Å²) >= 11 is 0. The number of aliphatic hydroxyl groups is 3. The van der Waals surface area contributed by atoms with Crippen LogP contribution in [-0.2, 0) is 4.79 Å². The van der Waals surface area contributed by atoms with Crippen LogP contribution in [0.25, 0.3) is 0 Å². The SMILES string of the molecule is CCCCCCCCCCCCCCCCCCCCCCCCCCC(O)C(O)C(CO)NC(=O)CCCCCCCCCCCC. The van der Waals surface area contributed by atoms with Gasteiger partial charge in [-0.2, -0.15) is 0 Å². The minimum atomic E-state index is -1.13. The van der Waals surface area contributed by atoms with Gasteiger partial charge in [0.25, 0.3) is 0 Å². The van der Waals surface area contributed by atoms with Crippen LogP contribution in [0.15, 0.2) is 0 Å². The Morgan fingerprint density at radius 3 is 1.00 bits per heavy atom. The fourth-order valence-corrected chi connectivity index (χ4v) is 7.05. The Morgan fingerprint density at radius 1 is 0.438 bits per heavy atom. The van der Waals surface area contributed by atoms with Crippen LogP contribution in [0.5, 0.6) is 0 Å². The average Bonchev–Trinajstić information content (AvgIpc) is 3.09. The first-order valence-corrected chi connectivity index (χ1v) is 21.8. The lowest BCUT2D eigenvalue weighted by Crippen LogP contribution is -2.50. The maximum Gasteiger partial charge on any atom is 0.220 e. The molecule has 0 aromatic heterocycles. The lowest BCUT2D eigenvalue weighted by molar-refractivity contribution is -0.124. The molecule has 3 unspecified atom stereocenters. The van der Waals surface area contributed by atoms with Gasteiger partial charge < -0.3 is 20.6 Å². The van der Waals surface area contributed by atoms with Crippen molar-refractivity contribution >= 4 is 5.91 Å². The van der Waals surface area contributed by atoms with Gasteiger partial charge >= 0.3 is 0 Å². The molecule has 0 radical (unpaired) electrons. The molecule has 0 aromatic carbocycles. The van der Waals surface area contributed by atoms with E-state index in [9.17, 15) is 20.1 Å². The molecular weight excluding hydrogens is 594 g/mol. The summed E-state index contributed by atoms with van der Waals surface area (Å²) in [4.78, 5) is 12.3. The zero-order valence-electron chi connectivity index (χ0n) is 32.6. The van der Waals surface area contributed by atoms with Gasteiger partial charge in [0.2, 0.25) is 5.91 Å². The van der Waals surface area contributed by atoms with E-state index < -0.39 is 18.2 Å². The van der Waals surface area contributed by atoms with Gasteiger partial charge in [0.1, 0.15) is 6.10 Å². The molecule has 0 spiro atoms. The maximum absolute atomic E-state index is 12.3. The second-order valence-corrected chi connectivity index (χ2v) is 15.3. The molecule has 0 aromatic rings. The highest BCUT2D eigenvalue weighted by atomic mass is 16.3.